The van der Waals surface area contributed by atoms with Crippen molar-refractivity contribution in [3.05, 3.63) is 71.0 Å². The van der Waals surface area contributed by atoms with Crippen molar-refractivity contribution in [2.45, 2.75) is 13.3 Å². The smallest absolute Gasteiger partial charge is 0.246 e. The minimum absolute atomic E-state index is 0.0822. The number of benzene rings is 2. The second-order valence-corrected chi connectivity index (χ2v) is 6.75. The molecule has 0 radical (unpaired) electrons. The third-order valence-electron chi connectivity index (χ3n) is 4.33. The van der Waals surface area contributed by atoms with Gasteiger partial charge in [-0.15, -0.1) is 0 Å². The van der Waals surface area contributed by atoms with Crippen LogP contribution in [0.2, 0.25) is 5.02 Å². The summed E-state index contributed by atoms with van der Waals surface area (Å²) in [5, 5.41) is 4.11. The molecule has 0 bridgehead atoms. The van der Waals surface area contributed by atoms with Gasteiger partial charge in [0.2, 0.25) is 11.8 Å². The number of halogens is 1. The first-order valence-electron chi connectivity index (χ1n) is 8.97. The van der Waals surface area contributed by atoms with E-state index in [2.05, 4.69) is 5.32 Å². The van der Waals surface area contributed by atoms with E-state index in [-0.39, 0.29) is 18.4 Å². The number of para-hydroxylation sites is 2. The molecule has 1 aromatic heterocycles. The molecule has 5 nitrogen and oxygen atoms in total. The molecule has 0 fully saturated rings. The second kappa shape index (κ2) is 8.76. The third-order valence-corrected chi connectivity index (χ3v) is 4.66. The summed E-state index contributed by atoms with van der Waals surface area (Å²) in [6.45, 7) is 1.92. The molecular weight excluding hydrogens is 376 g/mol. The molecule has 0 aliphatic heterocycles. The van der Waals surface area contributed by atoms with Crippen LogP contribution in [0.3, 0.4) is 0 Å². The van der Waals surface area contributed by atoms with E-state index in [0.717, 1.165) is 28.7 Å². The highest BCUT2D eigenvalue weighted by atomic mass is 35.5. The number of nitrogens with zero attached hydrogens (tertiary/aromatic N) is 1. The van der Waals surface area contributed by atoms with Crippen LogP contribution in [0.25, 0.3) is 17.0 Å². The summed E-state index contributed by atoms with van der Waals surface area (Å²) in [5.74, 6) is 0.228. The average Bonchev–Trinajstić information content (AvgIpc) is 3.05. The fraction of sp³-hybridized carbons (Fsp3) is 0.182. The summed E-state index contributed by atoms with van der Waals surface area (Å²) < 4.78 is 5.83. The minimum atomic E-state index is -0.319. The standard InChI is InChI=1S/C22H21ClN2O3/c1-3-19-16(15-8-4-7-11-20(15)28-19)12-13-22(27)25(2)14-21(26)24-18-10-6-5-9-17(18)23/h4-13H,3,14H2,1-2H3,(H,24,26)/b13-12+. The lowest BCUT2D eigenvalue weighted by Gasteiger charge is -2.15. The Labute approximate surface area is 168 Å². The Morgan fingerprint density at radius 1 is 1.14 bits per heavy atom. The molecule has 0 aliphatic carbocycles. The van der Waals surface area contributed by atoms with Gasteiger partial charge in [-0.05, 0) is 24.3 Å². The van der Waals surface area contributed by atoms with Crippen LogP contribution in [0.5, 0.6) is 0 Å². The van der Waals surface area contributed by atoms with E-state index in [1.54, 1.807) is 37.4 Å². The normalized spacial score (nSPS) is 11.1. The number of hydrogen-bond donors (Lipinski definition) is 1. The predicted octanol–water partition coefficient (Wildman–Crippen LogP) is 4.76. The number of amides is 2. The van der Waals surface area contributed by atoms with Gasteiger partial charge in [0.25, 0.3) is 0 Å². The average molecular weight is 397 g/mol. The molecule has 2 amide bonds. The largest absolute Gasteiger partial charge is 0.460 e. The number of anilines is 1. The lowest BCUT2D eigenvalue weighted by atomic mass is 10.1. The van der Waals surface area contributed by atoms with E-state index in [1.165, 1.54) is 11.0 Å². The Balaban J connectivity index is 1.67. The summed E-state index contributed by atoms with van der Waals surface area (Å²) in [5.41, 5.74) is 2.20. The van der Waals surface area contributed by atoms with Gasteiger partial charge in [-0.25, -0.2) is 0 Å². The van der Waals surface area contributed by atoms with Crippen molar-refractivity contribution in [3.63, 3.8) is 0 Å². The molecule has 0 atom stereocenters. The summed E-state index contributed by atoms with van der Waals surface area (Å²) in [7, 11) is 1.58. The van der Waals surface area contributed by atoms with E-state index < -0.39 is 0 Å². The van der Waals surface area contributed by atoms with Crippen molar-refractivity contribution in [3.8, 4) is 0 Å². The highest BCUT2D eigenvalue weighted by molar-refractivity contribution is 6.33. The van der Waals surface area contributed by atoms with Gasteiger partial charge in [0, 0.05) is 30.5 Å². The molecular formula is C22H21ClN2O3. The maximum absolute atomic E-state index is 12.4. The molecule has 1 N–H and O–H groups in total. The zero-order chi connectivity index (χ0) is 20.1. The Kier molecular flexibility index (Phi) is 6.16. The number of carbonyl (C=O) groups excluding carboxylic acids is 2. The number of furan rings is 1. The molecule has 28 heavy (non-hydrogen) atoms. The molecule has 144 valence electrons. The van der Waals surface area contributed by atoms with Gasteiger partial charge >= 0.3 is 0 Å². The summed E-state index contributed by atoms with van der Waals surface area (Å²) >= 11 is 6.04. The fourth-order valence-corrected chi connectivity index (χ4v) is 3.07. The molecule has 0 saturated heterocycles. The maximum atomic E-state index is 12.4. The Morgan fingerprint density at radius 2 is 1.86 bits per heavy atom. The van der Waals surface area contributed by atoms with Crippen molar-refractivity contribution in [2.75, 3.05) is 18.9 Å². The predicted molar refractivity (Wildman–Crippen MR) is 112 cm³/mol. The number of hydrogen-bond acceptors (Lipinski definition) is 3. The van der Waals surface area contributed by atoms with Gasteiger partial charge < -0.3 is 14.6 Å². The van der Waals surface area contributed by atoms with Crippen molar-refractivity contribution in [1.82, 2.24) is 4.90 Å². The first kappa shape index (κ1) is 19.7. The molecule has 0 unspecified atom stereocenters. The van der Waals surface area contributed by atoms with Gasteiger partial charge in [-0.1, -0.05) is 48.9 Å². The van der Waals surface area contributed by atoms with E-state index >= 15 is 0 Å². The number of nitrogens with one attached hydrogen (secondary N) is 1. The lowest BCUT2D eigenvalue weighted by Crippen LogP contribution is -2.33. The quantitative estimate of drug-likeness (QED) is 0.611. The molecule has 6 heteroatoms. The molecule has 0 aliphatic rings. The van der Waals surface area contributed by atoms with E-state index in [1.807, 2.05) is 31.2 Å². The Morgan fingerprint density at radius 3 is 2.61 bits per heavy atom. The zero-order valence-electron chi connectivity index (χ0n) is 15.7. The van der Waals surface area contributed by atoms with Crippen molar-refractivity contribution in [1.29, 1.82) is 0 Å². The molecule has 1 heterocycles. The van der Waals surface area contributed by atoms with Gasteiger partial charge in [-0.3, -0.25) is 9.59 Å². The van der Waals surface area contributed by atoms with Crippen LogP contribution >= 0.6 is 11.6 Å². The van der Waals surface area contributed by atoms with Gasteiger partial charge in [0.1, 0.15) is 11.3 Å². The van der Waals surface area contributed by atoms with Crippen molar-refractivity contribution >= 4 is 46.1 Å². The lowest BCUT2D eigenvalue weighted by molar-refractivity contribution is -0.129. The molecule has 3 aromatic rings. The summed E-state index contributed by atoms with van der Waals surface area (Å²) in [6, 6.07) is 14.7. The number of aryl methyl sites for hydroxylation is 1. The van der Waals surface area contributed by atoms with Crippen LogP contribution < -0.4 is 5.32 Å². The van der Waals surface area contributed by atoms with E-state index in [0.29, 0.717) is 10.7 Å². The van der Waals surface area contributed by atoms with Gasteiger partial charge in [0.05, 0.1) is 17.3 Å². The minimum Gasteiger partial charge on any atom is -0.460 e. The first-order valence-corrected chi connectivity index (χ1v) is 9.35. The number of carbonyl (C=O) groups is 2. The first-order chi connectivity index (χ1) is 13.5. The molecule has 2 aromatic carbocycles. The highest BCUT2D eigenvalue weighted by Crippen LogP contribution is 2.27. The fourth-order valence-electron chi connectivity index (χ4n) is 2.89. The maximum Gasteiger partial charge on any atom is 0.246 e. The van der Waals surface area contributed by atoms with E-state index in [4.69, 9.17) is 16.0 Å². The molecule has 0 saturated carbocycles. The topological polar surface area (TPSA) is 62.6 Å². The number of rotatable bonds is 6. The second-order valence-electron chi connectivity index (χ2n) is 6.34. The van der Waals surface area contributed by atoms with Gasteiger partial charge in [0.15, 0.2) is 0 Å². The van der Waals surface area contributed by atoms with Crippen LogP contribution in [-0.4, -0.2) is 30.3 Å². The van der Waals surface area contributed by atoms with E-state index in [9.17, 15) is 9.59 Å². The Bertz CT molecular complexity index is 1040. The van der Waals surface area contributed by atoms with Gasteiger partial charge in [-0.2, -0.15) is 0 Å². The van der Waals surface area contributed by atoms with Crippen LogP contribution in [0.15, 0.2) is 59.0 Å². The van der Waals surface area contributed by atoms with Crippen LogP contribution in [-0.2, 0) is 16.0 Å². The number of fused-ring (bicyclic) bond motifs is 1. The van der Waals surface area contributed by atoms with Crippen LogP contribution in [0.4, 0.5) is 5.69 Å². The summed E-state index contributed by atoms with van der Waals surface area (Å²) in [4.78, 5) is 26.0. The highest BCUT2D eigenvalue weighted by Gasteiger charge is 2.14. The van der Waals surface area contributed by atoms with Crippen molar-refractivity contribution < 1.29 is 14.0 Å². The summed E-state index contributed by atoms with van der Waals surface area (Å²) in [6.07, 6.45) is 3.92. The monoisotopic (exact) mass is 396 g/mol. The molecule has 0 spiro atoms. The van der Waals surface area contributed by atoms with Crippen LogP contribution in [0, 0.1) is 0 Å². The van der Waals surface area contributed by atoms with Crippen LogP contribution in [0.1, 0.15) is 18.2 Å². The Hall–Kier alpha value is -3.05. The SMILES string of the molecule is CCc1oc2ccccc2c1/C=C/C(=O)N(C)CC(=O)Nc1ccccc1Cl. The zero-order valence-corrected chi connectivity index (χ0v) is 16.5. The van der Waals surface area contributed by atoms with Crippen molar-refractivity contribution in [2.24, 2.45) is 0 Å². The number of likely N-dealkylation sites (N-methyl/N-ethyl adjacent to an activating group) is 1. The third kappa shape index (κ3) is 4.43. The molecule has 3 rings (SSSR count).